The summed E-state index contributed by atoms with van der Waals surface area (Å²) in [5, 5.41) is 0.168. The Hall–Kier alpha value is -1.42. The van der Waals surface area contributed by atoms with Crippen LogP contribution < -0.4 is 4.74 Å². The highest BCUT2D eigenvalue weighted by Crippen LogP contribution is 2.22. The van der Waals surface area contributed by atoms with Crippen LogP contribution in [0.5, 0.6) is 5.75 Å². The van der Waals surface area contributed by atoms with E-state index in [1.54, 1.807) is 6.07 Å². The van der Waals surface area contributed by atoms with E-state index < -0.39 is 5.82 Å². The quantitative estimate of drug-likeness (QED) is 0.728. The molecule has 1 aromatic carbocycles. The number of benzene rings is 1. The van der Waals surface area contributed by atoms with Gasteiger partial charge in [-0.2, -0.15) is 0 Å². The summed E-state index contributed by atoms with van der Waals surface area (Å²) in [4.78, 5) is 7.76. The van der Waals surface area contributed by atoms with Gasteiger partial charge in [-0.3, -0.25) is 4.98 Å². The molecule has 0 radical (unpaired) electrons. The summed E-state index contributed by atoms with van der Waals surface area (Å²) < 4.78 is 18.3. The Bertz CT molecular complexity index is 489. The van der Waals surface area contributed by atoms with Crippen LogP contribution in [0.3, 0.4) is 0 Å². The topological polar surface area (TPSA) is 35.0 Å². The number of hydrogen-bond donors (Lipinski definition) is 0. The van der Waals surface area contributed by atoms with Gasteiger partial charge >= 0.3 is 0 Å². The number of rotatable bonds is 1. The zero-order valence-corrected chi connectivity index (χ0v) is 8.05. The lowest BCUT2D eigenvalue weighted by Gasteiger charge is -2.02. The van der Waals surface area contributed by atoms with Crippen LogP contribution in [0, 0.1) is 5.82 Å². The van der Waals surface area contributed by atoms with Gasteiger partial charge < -0.3 is 4.74 Å². The Morgan fingerprint density at radius 3 is 2.93 bits per heavy atom. The third-order valence-corrected chi connectivity index (χ3v) is 1.96. The van der Waals surface area contributed by atoms with Gasteiger partial charge in [0.1, 0.15) is 16.4 Å². The van der Waals surface area contributed by atoms with E-state index in [-0.39, 0.29) is 10.7 Å². The number of nitrogens with zero attached hydrogens (tertiary/aromatic N) is 2. The highest BCUT2D eigenvalue weighted by Gasteiger charge is 2.07. The molecular weight excluding hydrogens is 207 g/mol. The summed E-state index contributed by atoms with van der Waals surface area (Å²) in [5.74, 6) is -0.0824. The van der Waals surface area contributed by atoms with Crippen molar-refractivity contribution in [1.29, 1.82) is 0 Å². The SMILES string of the molecule is COc1cc(F)c2nc(Cl)cnc2c1. The van der Waals surface area contributed by atoms with Crippen molar-refractivity contribution >= 4 is 22.6 Å². The molecule has 0 amide bonds. The summed E-state index contributed by atoms with van der Waals surface area (Å²) >= 11 is 5.59. The van der Waals surface area contributed by atoms with Crippen LogP contribution in [0.15, 0.2) is 18.3 Å². The van der Waals surface area contributed by atoms with Gasteiger partial charge in [0.25, 0.3) is 0 Å². The Balaban J connectivity index is 2.76. The number of methoxy groups -OCH3 is 1. The zero-order chi connectivity index (χ0) is 10.1. The summed E-state index contributed by atoms with van der Waals surface area (Å²) in [6, 6.07) is 2.84. The minimum absolute atomic E-state index is 0.151. The minimum atomic E-state index is -0.491. The normalized spacial score (nSPS) is 10.5. The molecule has 1 heterocycles. The largest absolute Gasteiger partial charge is 0.497 e. The molecule has 0 aliphatic rings. The fourth-order valence-corrected chi connectivity index (χ4v) is 1.28. The number of hydrogen-bond acceptors (Lipinski definition) is 3. The molecule has 0 spiro atoms. The number of aromatic nitrogens is 2. The van der Waals surface area contributed by atoms with Crippen LogP contribution in [0.2, 0.25) is 5.15 Å². The van der Waals surface area contributed by atoms with Crippen LogP contribution in [0.25, 0.3) is 11.0 Å². The maximum Gasteiger partial charge on any atom is 0.154 e. The van der Waals surface area contributed by atoms with Crippen molar-refractivity contribution in [3.05, 3.63) is 29.3 Å². The second-order valence-electron chi connectivity index (χ2n) is 2.67. The van der Waals surface area contributed by atoms with Crippen LogP contribution in [-0.4, -0.2) is 17.1 Å². The Kier molecular flexibility index (Phi) is 2.21. The lowest BCUT2D eigenvalue weighted by molar-refractivity contribution is 0.412. The fraction of sp³-hybridized carbons (Fsp3) is 0.111. The predicted octanol–water partition coefficient (Wildman–Crippen LogP) is 2.43. The molecule has 5 heteroatoms. The molecular formula is C9H6ClFN2O. The molecule has 0 bridgehead atoms. The molecule has 0 aliphatic carbocycles. The molecule has 0 fully saturated rings. The second-order valence-corrected chi connectivity index (χ2v) is 3.06. The summed E-state index contributed by atoms with van der Waals surface area (Å²) in [7, 11) is 1.46. The lowest BCUT2D eigenvalue weighted by Crippen LogP contribution is -1.91. The van der Waals surface area contributed by atoms with Crippen molar-refractivity contribution < 1.29 is 9.13 Å². The van der Waals surface area contributed by atoms with E-state index in [0.717, 1.165) is 0 Å². The van der Waals surface area contributed by atoms with E-state index in [1.165, 1.54) is 19.4 Å². The Morgan fingerprint density at radius 1 is 1.43 bits per heavy atom. The first-order valence-corrected chi connectivity index (χ1v) is 4.24. The molecule has 0 saturated heterocycles. The molecule has 0 unspecified atom stereocenters. The van der Waals surface area contributed by atoms with E-state index >= 15 is 0 Å². The molecule has 14 heavy (non-hydrogen) atoms. The molecule has 0 aliphatic heterocycles. The van der Waals surface area contributed by atoms with Gasteiger partial charge in [0.05, 0.1) is 18.8 Å². The monoisotopic (exact) mass is 212 g/mol. The van der Waals surface area contributed by atoms with Crippen molar-refractivity contribution in [2.45, 2.75) is 0 Å². The van der Waals surface area contributed by atoms with Crippen molar-refractivity contribution in [3.8, 4) is 5.75 Å². The van der Waals surface area contributed by atoms with Gasteiger partial charge in [-0.1, -0.05) is 11.6 Å². The van der Waals surface area contributed by atoms with Gasteiger partial charge in [-0.15, -0.1) is 0 Å². The third kappa shape index (κ3) is 1.48. The highest BCUT2D eigenvalue weighted by molar-refractivity contribution is 6.29. The van der Waals surface area contributed by atoms with Gasteiger partial charge in [-0.25, -0.2) is 9.37 Å². The van der Waals surface area contributed by atoms with Gasteiger partial charge in [-0.05, 0) is 0 Å². The van der Waals surface area contributed by atoms with Crippen LogP contribution in [0.4, 0.5) is 4.39 Å². The molecule has 1 aromatic heterocycles. The standard InChI is InChI=1S/C9H6ClFN2O/c1-14-5-2-6(11)9-7(3-5)12-4-8(10)13-9/h2-4H,1H3. The van der Waals surface area contributed by atoms with Gasteiger partial charge in [0.15, 0.2) is 5.82 Å². The highest BCUT2D eigenvalue weighted by atomic mass is 35.5. The van der Waals surface area contributed by atoms with Crippen molar-refractivity contribution in [1.82, 2.24) is 9.97 Å². The molecule has 0 atom stereocenters. The van der Waals surface area contributed by atoms with E-state index in [1.807, 2.05) is 0 Å². The van der Waals surface area contributed by atoms with Gasteiger partial charge in [0, 0.05) is 12.1 Å². The average molecular weight is 213 g/mol. The van der Waals surface area contributed by atoms with E-state index in [4.69, 9.17) is 16.3 Å². The fourth-order valence-electron chi connectivity index (χ4n) is 1.15. The summed E-state index contributed by atoms with van der Waals surface area (Å²) in [5.41, 5.74) is 0.574. The van der Waals surface area contributed by atoms with Crippen molar-refractivity contribution in [2.24, 2.45) is 0 Å². The van der Waals surface area contributed by atoms with E-state index in [9.17, 15) is 4.39 Å². The van der Waals surface area contributed by atoms with E-state index in [2.05, 4.69) is 9.97 Å². The zero-order valence-electron chi connectivity index (χ0n) is 7.29. The molecule has 72 valence electrons. The second kappa shape index (κ2) is 3.38. The molecule has 0 N–H and O–H groups in total. The maximum absolute atomic E-state index is 13.4. The van der Waals surface area contributed by atoms with Crippen LogP contribution in [-0.2, 0) is 0 Å². The minimum Gasteiger partial charge on any atom is -0.497 e. The Labute approximate surface area is 84.5 Å². The lowest BCUT2D eigenvalue weighted by atomic mass is 10.2. The molecule has 2 aromatic rings. The molecule has 0 saturated carbocycles. The van der Waals surface area contributed by atoms with Crippen LogP contribution >= 0.6 is 11.6 Å². The molecule has 3 nitrogen and oxygen atoms in total. The first kappa shape index (κ1) is 9.15. The Morgan fingerprint density at radius 2 is 2.21 bits per heavy atom. The van der Waals surface area contributed by atoms with E-state index in [0.29, 0.717) is 11.3 Å². The summed E-state index contributed by atoms with van der Waals surface area (Å²) in [6.45, 7) is 0. The predicted molar refractivity (Wildman–Crippen MR) is 51.1 cm³/mol. The van der Waals surface area contributed by atoms with Crippen molar-refractivity contribution in [3.63, 3.8) is 0 Å². The summed E-state index contributed by atoms with van der Waals surface area (Å²) in [6.07, 6.45) is 1.36. The first-order valence-electron chi connectivity index (χ1n) is 3.86. The van der Waals surface area contributed by atoms with Crippen LogP contribution in [0.1, 0.15) is 0 Å². The average Bonchev–Trinajstić information content (AvgIpc) is 2.19. The first-order chi connectivity index (χ1) is 6.70. The van der Waals surface area contributed by atoms with Gasteiger partial charge in [0.2, 0.25) is 0 Å². The smallest absolute Gasteiger partial charge is 0.154 e. The molecule has 2 rings (SSSR count). The third-order valence-electron chi connectivity index (χ3n) is 1.78. The number of fused-ring (bicyclic) bond motifs is 1. The van der Waals surface area contributed by atoms with Crippen molar-refractivity contribution in [2.75, 3.05) is 7.11 Å². The maximum atomic E-state index is 13.4. The number of ether oxygens (including phenoxy) is 1. The number of halogens is 2.